The van der Waals surface area contributed by atoms with Crippen LogP contribution in [0.2, 0.25) is 0 Å². The van der Waals surface area contributed by atoms with Crippen molar-refractivity contribution in [2.24, 2.45) is 13.0 Å². The van der Waals surface area contributed by atoms with Crippen LogP contribution in [-0.2, 0) is 17.1 Å². The summed E-state index contributed by atoms with van der Waals surface area (Å²) in [6.07, 6.45) is 2.73. The van der Waals surface area contributed by atoms with Crippen molar-refractivity contribution in [1.82, 2.24) is 14.1 Å². The predicted octanol–water partition coefficient (Wildman–Crippen LogP) is 0.200. The molecular formula is C9H14N4O2S. The van der Waals surface area contributed by atoms with Gasteiger partial charge >= 0.3 is 0 Å². The summed E-state index contributed by atoms with van der Waals surface area (Å²) in [4.78, 5) is 0.141. The van der Waals surface area contributed by atoms with E-state index in [4.69, 9.17) is 5.26 Å². The van der Waals surface area contributed by atoms with Crippen molar-refractivity contribution in [2.45, 2.75) is 11.8 Å². The number of aromatic nitrogens is 2. The fourth-order valence-electron chi connectivity index (χ4n) is 1.24. The summed E-state index contributed by atoms with van der Waals surface area (Å²) in [7, 11) is -0.420. The van der Waals surface area contributed by atoms with Gasteiger partial charge in [-0.25, -0.2) is 8.42 Å². The van der Waals surface area contributed by atoms with E-state index in [9.17, 15) is 8.42 Å². The van der Waals surface area contributed by atoms with Gasteiger partial charge in [0.1, 0.15) is 4.90 Å². The Labute approximate surface area is 95.1 Å². The van der Waals surface area contributed by atoms with Gasteiger partial charge in [-0.05, 0) is 6.92 Å². The molecule has 0 bridgehead atoms. The molecule has 16 heavy (non-hydrogen) atoms. The molecule has 1 atom stereocenters. The van der Waals surface area contributed by atoms with Gasteiger partial charge in [0.05, 0.1) is 18.2 Å². The summed E-state index contributed by atoms with van der Waals surface area (Å²) in [6.45, 7) is 1.85. The second-order valence-electron chi connectivity index (χ2n) is 3.67. The molecule has 0 aliphatic heterocycles. The van der Waals surface area contributed by atoms with Crippen LogP contribution >= 0.6 is 0 Å². The first-order valence-corrected chi connectivity index (χ1v) is 6.16. The summed E-state index contributed by atoms with van der Waals surface area (Å²) >= 11 is 0. The van der Waals surface area contributed by atoms with Gasteiger partial charge < -0.3 is 0 Å². The van der Waals surface area contributed by atoms with E-state index in [0.717, 1.165) is 4.31 Å². The molecule has 1 unspecified atom stereocenters. The molecule has 6 nitrogen and oxygen atoms in total. The minimum Gasteiger partial charge on any atom is -0.274 e. The number of nitrogens with zero attached hydrogens (tertiary/aromatic N) is 4. The van der Waals surface area contributed by atoms with Gasteiger partial charge in [-0.15, -0.1) is 0 Å². The van der Waals surface area contributed by atoms with Gasteiger partial charge in [0.15, 0.2) is 0 Å². The van der Waals surface area contributed by atoms with Crippen LogP contribution in [0.15, 0.2) is 17.3 Å². The fourth-order valence-corrected chi connectivity index (χ4v) is 2.48. The van der Waals surface area contributed by atoms with Gasteiger partial charge in [0.25, 0.3) is 0 Å². The number of nitriles is 1. The fraction of sp³-hybridized carbons (Fsp3) is 0.556. The molecule has 0 spiro atoms. The topological polar surface area (TPSA) is 79.0 Å². The highest BCUT2D eigenvalue weighted by Gasteiger charge is 2.23. The molecule has 1 aromatic heterocycles. The van der Waals surface area contributed by atoms with Crippen molar-refractivity contribution in [1.29, 1.82) is 5.26 Å². The Kier molecular flexibility index (Phi) is 3.67. The second-order valence-corrected chi connectivity index (χ2v) is 5.71. The molecule has 0 aliphatic rings. The largest absolute Gasteiger partial charge is 0.274 e. The molecule has 0 aliphatic carbocycles. The van der Waals surface area contributed by atoms with E-state index in [0.29, 0.717) is 0 Å². The summed E-state index contributed by atoms with van der Waals surface area (Å²) < 4.78 is 26.5. The highest BCUT2D eigenvalue weighted by Crippen LogP contribution is 2.13. The van der Waals surface area contributed by atoms with E-state index >= 15 is 0 Å². The van der Waals surface area contributed by atoms with Crippen molar-refractivity contribution >= 4 is 10.0 Å². The minimum absolute atomic E-state index is 0.141. The van der Waals surface area contributed by atoms with Crippen molar-refractivity contribution in [3.63, 3.8) is 0 Å². The maximum atomic E-state index is 12.0. The Bertz CT molecular complexity index is 500. The zero-order valence-electron chi connectivity index (χ0n) is 9.45. The average molecular weight is 242 g/mol. The Morgan fingerprint density at radius 1 is 1.69 bits per heavy atom. The highest BCUT2D eigenvalue weighted by molar-refractivity contribution is 7.89. The summed E-state index contributed by atoms with van der Waals surface area (Å²) in [5.74, 6) is -0.337. The lowest BCUT2D eigenvalue weighted by Gasteiger charge is -2.16. The van der Waals surface area contributed by atoms with Gasteiger partial charge in [-0.3, -0.25) is 4.68 Å². The number of hydrogen-bond acceptors (Lipinski definition) is 4. The Morgan fingerprint density at radius 2 is 2.31 bits per heavy atom. The molecule has 0 saturated heterocycles. The maximum absolute atomic E-state index is 12.0. The lowest BCUT2D eigenvalue weighted by Crippen LogP contribution is -2.30. The maximum Gasteiger partial charge on any atom is 0.245 e. The summed E-state index contributed by atoms with van der Waals surface area (Å²) in [5.41, 5.74) is 0. The quantitative estimate of drug-likeness (QED) is 0.755. The molecular weight excluding hydrogens is 228 g/mol. The monoisotopic (exact) mass is 242 g/mol. The molecule has 0 N–H and O–H groups in total. The van der Waals surface area contributed by atoms with E-state index in [1.165, 1.54) is 24.1 Å². The van der Waals surface area contributed by atoms with Crippen LogP contribution in [0.4, 0.5) is 0 Å². The number of rotatable bonds is 4. The third-order valence-corrected chi connectivity index (χ3v) is 3.92. The lowest BCUT2D eigenvalue weighted by molar-refractivity contribution is 0.439. The van der Waals surface area contributed by atoms with Crippen LogP contribution in [0.1, 0.15) is 6.92 Å². The first-order chi connectivity index (χ1) is 7.37. The SMILES string of the molecule is CC(C#N)CN(C)S(=O)(=O)c1cnn(C)c1. The van der Waals surface area contributed by atoms with Gasteiger partial charge in [-0.2, -0.15) is 14.7 Å². The zero-order valence-corrected chi connectivity index (χ0v) is 10.3. The van der Waals surface area contributed by atoms with Gasteiger partial charge in [0, 0.05) is 26.8 Å². The van der Waals surface area contributed by atoms with E-state index in [2.05, 4.69) is 5.10 Å². The number of aryl methyl sites for hydroxylation is 1. The molecule has 88 valence electrons. The van der Waals surface area contributed by atoms with Crippen molar-refractivity contribution in [2.75, 3.05) is 13.6 Å². The first kappa shape index (κ1) is 12.7. The van der Waals surface area contributed by atoms with E-state index < -0.39 is 10.0 Å². The molecule has 0 saturated carbocycles. The molecule has 1 heterocycles. The number of hydrogen-bond donors (Lipinski definition) is 0. The van der Waals surface area contributed by atoms with Crippen molar-refractivity contribution < 1.29 is 8.42 Å². The number of sulfonamides is 1. The molecule has 0 fully saturated rings. The Hall–Kier alpha value is -1.39. The highest BCUT2D eigenvalue weighted by atomic mass is 32.2. The summed E-state index contributed by atoms with van der Waals surface area (Å²) in [6, 6.07) is 2.00. The second kappa shape index (κ2) is 4.63. The van der Waals surface area contributed by atoms with Crippen LogP contribution in [0, 0.1) is 17.2 Å². The van der Waals surface area contributed by atoms with Gasteiger partial charge in [0.2, 0.25) is 10.0 Å². The first-order valence-electron chi connectivity index (χ1n) is 4.72. The molecule has 0 radical (unpaired) electrons. The molecule has 1 aromatic rings. The zero-order chi connectivity index (χ0) is 12.3. The van der Waals surface area contributed by atoms with Gasteiger partial charge in [-0.1, -0.05) is 0 Å². The lowest BCUT2D eigenvalue weighted by atomic mass is 10.2. The summed E-state index contributed by atoms with van der Waals surface area (Å²) in [5, 5.41) is 12.4. The van der Waals surface area contributed by atoms with Crippen molar-refractivity contribution in [3.05, 3.63) is 12.4 Å². The van der Waals surface area contributed by atoms with Crippen LogP contribution in [0.25, 0.3) is 0 Å². The van der Waals surface area contributed by atoms with E-state index in [1.54, 1.807) is 14.0 Å². The van der Waals surface area contributed by atoms with E-state index in [1.807, 2.05) is 6.07 Å². The normalized spacial score (nSPS) is 13.7. The Morgan fingerprint density at radius 3 is 2.75 bits per heavy atom. The molecule has 1 rings (SSSR count). The van der Waals surface area contributed by atoms with Crippen LogP contribution in [0.5, 0.6) is 0 Å². The van der Waals surface area contributed by atoms with Crippen LogP contribution in [-0.4, -0.2) is 36.1 Å². The average Bonchev–Trinajstić information content (AvgIpc) is 2.65. The smallest absolute Gasteiger partial charge is 0.245 e. The third-order valence-electron chi connectivity index (χ3n) is 2.14. The van der Waals surface area contributed by atoms with Crippen LogP contribution in [0.3, 0.4) is 0 Å². The third kappa shape index (κ3) is 2.59. The molecule has 0 aromatic carbocycles. The molecule has 0 amide bonds. The van der Waals surface area contributed by atoms with Crippen molar-refractivity contribution in [3.8, 4) is 6.07 Å². The van der Waals surface area contributed by atoms with Crippen LogP contribution < -0.4 is 0 Å². The standard InChI is InChI=1S/C9H14N4O2S/c1-8(4-10)6-13(3)16(14,15)9-5-11-12(2)7-9/h5,7-8H,6H2,1-3H3. The minimum atomic E-state index is -3.52. The molecule has 7 heteroatoms. The Balaban J connectivity index is 2.91. The predicted molar refractivity (Wildman–Crippen MR) is 57.8 cm³/mol. The van der Waals surface area contributed by atoms with E-state index in [-0.39, 0.29) is 17.4 Å².